The number of hydrogen-bond acceptors (Lipinski definition) is 7. The van der Waals surface area contributed by atoms with E-state index in [1.807, 2.05) is 38.1 Å². The fraction of sp³-hybridized carbons (Fsp3) is 0.167. The summed E-state index contributed by atoms with van der Waals surface area (Å²) < 4.78 is 11.8. The number of hydrogen-bond donors (Lipinski definition) is 1. The van der Waals surface area contributed by atoms with Gasteiger partial charge in [0.15, 0.2) is 15.9 Å². The number of benzene rings is 1. The largest absolute Gasteiger partial charge is 0.494 e. The number of thiazole rings is 2. The van der Waals surface area contributed by atoms with E-state index in [-0.39, 0.29) is 5.91 Å². The number of carbonyl (C=O) groups excluding carboxylic acids is 1. The first kappa shape index (κ1) is 16.7. The first-order chi connectivity index (χ1) is 12.6. The van der Waals surface area contributed by atoms with Crippen LogP contribution in [0.2, 0.25) is 0 Å². The summed E-state index contributed by atoms with van der Waals surface area (Å²) >= 11 is 2.83. The highest BCUT2D eigenvalue weighted by molar-refractivity contribution is 7.22. The Morgan fingerprint density at radius 3 is 2.92 bits per heavy atom. The third kappa shape index (κ3) is 3.21. The summed E-state index contributed by atoms with van der Waals surface area (Å²) in [6, 6.07) is 9.30. The number of nitrogens with zero attached hydrogens (tertiary/aromatic N) is 2. The maximum absolute atomic E-state index is 12.6. The third-order valence-corrected chi connectivity index (χ3v) is 5.55. The summed E-state index contributed by atoms with van der Waals surface area (Å²) in [7, 11) is 0. The lowest BCUT2D eigenvalue weighted by Gasteiger charge is -2.00. The molecule has 3 heterocycles. The van der Waals surface area contributed by atoms with E-state index in [0.717, 1.165) is 20.8 Å². The van der Waals surface area contributed by atoms with E-state index in [9.17, 15) is 4.79 Å². The first-order valence-electron chi connectivity index (χ1n) is 8.00. The SMILES string of the molecule is CCOc1ccc2nc(NC(=O)c3nc(-c4ccco4)sc3C)sc2c1. The van der Waals surface area contributed by atoms with E-state index in [1.165, 1.54) is 22.7 Å². The minimum absolute atomic E-state index is 0.277. The van der Waals surface area contributed by atoms with Gasteiger partial charge in [-0.1, -0.05) is 11.3 Å². The number of nitrogens with one attached hydrogen (secondary N) is 1. The van der Waals surface area contributed by atoms with E-state index in [0.29, 0.717) is 28.2 Å². The molecule has 3 aromatic heterocycles. The highest BCUT2D eigenvalue weighted by Gasteiger charge is 2.19. The van der Waals surface area contributed by atoms with Crippen molar-refractivity contribution in [1.82, 2.24) is 9.97 Å². The number of fused-ring (bicyclic) bond motifs is 1. The predicted octanol–water partition coefficient (Wildman–Crippen LogP) is 4.97. The second-order valence-electron chi connectivity index (χ2n) is 5.44. The van der Waals surface area contributed by atoms with Crippen molar-refractivity contribution >= 4 is 43.9 Å². The van der Waals surface area contributed by atoms with E-state index in [4.69, 9.17) is 9.15 Å². The molecule has 6 nitrogen and oxygen atoms in total. The van der Waals surface area contributed by atoms with Gasteiger partial charge >= 0.3 is 0 Å². The summed E-state index contributed by atoms with van der Waals surface area (Å²) in [6.07, 6.45) is 1.59. The standard InChI is InChI=1S/C18H15N3O3S2/c1-3-23-11-6-7-12-14(9-11)26-18(19-12)21-16(22)15-10(2)25-17(20-15)13-5-4-8-24-13/h4-9H,3H2,1-2H3,(H,19,21,22). The Morgan fingerprint density at radius 1 is 1.27 bits per heavy atom. The molecule has 0 unspecified atom stereocenters. The molecule has 26 heavy (non-hydrogen) atoms. The lowest BCUT2D eigenvalue weighted by molar-refractivity contribution is 0.102. The van der Waals surface area contributed by atoms with Crippen LogP contribution in [0.25, 0.3) is 21.0 Å². The van der Waals surface area contributed by atoms with Crippen molar-refractivity contribution in [2.24, 2.45) is 0 Å². The molecule has 132 valence electrons. The highest BCUT2D eigenvalue weighted by atomic mass is 32.1. The first-order valence-corrected chi connectivity index (χ1v) is 9.63. The van der Waals surface area contributed by atoms with Crippen molar-refractivity contribution < 1.29 is 13.9 Å². The highest BCUT2D eigenvalue weighted by Crippen LogP contribution is 2.31. The molecule has 0 saturated heterocycles. The molecule has 0 aliphatic heterocycles. The number of rotatable bonds is 5. The molecule has 1 aromatic carbocycles. The monoisotopic (exact) mass is 385 g/mol. The van der Waals surface area contributed by atoms with Crippen LogP contribution in [0.1, 0.15) is 22.3 Å². The van der Waals surface area contributed by atoms with Crippen LogP contribution in [0.15, 0.2) is 41.0 Å². The van der Waals surface area contributed by atoms with Gasteiger partial charge in [0.05, 0.1) is 23.1 Å². The molecule has 1 amide bonds. The minimum atomic E-state index is -0.277. The van der Waals surface area contributed by atoms with Crippen LogP contribution in [0, 0.1) is 6.92 Å². The molecule has 4 rings (SSSR count). The van der Waals surface area contributed by atoms with Crippen LogP contribution in [-0.4, -0.2) is 22.5 Å². The van der Waals surface area contributed by atoms with Gasteiger partial charge in [0, 0.05) is 4.88 Å². The Bertz CT molecular complexity index is 1070. The predicted molar refractivity (Wildman–Crippen MR) is 103 cm³/mol. The number of furan rings is 1. The Hall–Kier alpha value is -2.71. The Morgan fingerprint density at radius 2 is 2.15 bits per heavy atom. The van der Waals surface area contributed by atoms with Gasteiger partial charge in [-0.05, 0) is 44.2 Å². The van der Waals surface area contributed by atoms with Gasteiger partial charge < -0.3 is 9.15 Å². The molecule has 0 aliphatic rings. The summed E-state index contributed by atoms with van der Waals surface area (Å²) in [6.45, 7) is 4.41. The Balaban J connectivity index is 1.57. The van der Waals surface area contributed by atoms with Gasteiger partial charge in [-0.25, -0.2) is 9.97 Å². The maximum Gasteiger partial charge on any atom is 0.277 e. The van der Waals surface area contributed by atoms with Crippen molar-refractivity contribution in [2.45, 2.75) is 13.8 Å². The van der Waals surface area contributed by atoms with Gasteiger partial charge in [-0.3, -0.25) is 10.1 Å². The van der Waals surface area contributed by atoms with E-state index in [1.54, 1.807) is 12.3 Å². The van der Waals surface area contributed by atoms with Crippen LogP contribution < -0.4 is 10.1 Å². The van der Waals surface area contributed by atoms with Crippen LogP contribution in [0.3, 0.4) is 0 Å². The second kappa shape index (κ2) is 6.89. The van der Waals surface area contributed by atoms with Crippen LogP contribution in [0.5, 0.6) is 5.75 Å². The topological polar surface area (TPSA) is 77.2 Å². The van der Waals surface area contributed by atoms with Gasteiger partial charge in [0.2, 0.25) is 0 Å². The lowest BCUT2D eigenvalue weighted by Crippen LogP contribution is -2.13. The van der Waals surface area contributed by atoms with Crippen molar-refractivity contribution in [3.63, 3.8) is 0 Å². The Kier molecular flexibility index (Phi) is 4.44. The van der Waals surface area contributed by atoms with Gasteiger partial charge in [-0.2, -0.15) is 0 Å². The van der Waals surface area contributed by atoms with E-state index < -0.39 is 0 Å². The lowest BCUT2D eigenvalue weighted by atomic mass is 10.3. The molecule has 0 saturated carbocycles. The average molecular weight is 385 g/mol. The molecule has 0 bridgehead atoms. The molecular weight excluding hydrogens is 370 g/mol. The smallest absolute Gasteiger partial charge is 0.277 e. The summed E-state index contributed by atoms with van der Waals surface area (Å²) in [5.41, 5.74) is 1.20. The Labute approximate surface area is 157 Å². The van der Waals surface area contributed by atoms with Crippen molar-refractivity contribution in [2.75, 3.05) is 11.9 Å². The zero-order valence-electron chi connectivity index (χ0n) is 14.1. The fourth-order valence-corrected chi connectivity index (χ4v) is 4.25. The zero-order valence-corrected chi connectivity index (χ0v) is 15.7. The molecule has 0 fully saturated rings. The molecule has 0 spiro atoms. The van der Waals surface area contributed by atoms with Crippen LogP contribution >= 0.6 is 22.7 Å². The van der Waals surface area contributed by atoms with Crippen molar-refractivity contribution in [1.29, 1.82) is 0 Å². The molecular formula is C18H15N3O3S2. The molecule has 0 atom stereocenters. The van der Waals surface area contributed by atoms with Crippen molar-refractivity contribution in [3.05, 3.63) is 47.2 Å². The summed E-state index contributed by atoms with van der Waals surface area (Å²) in [5, 5.41) is 4.06. The number of aromatic nitrogens is 2. The molecule has 4 aromatic rings. The summed E-state index contributed by atoms with van der Waals surface area (Å²) in [5.74, 6) is 1.17. The van der Waals surface area contributed by atoms with Gasteiger partial charge in [-0.15, -0.1) is 11.3 Å². The minimum Gasteiger partial charge on any atom is -0.494 e. The van der Waals surface area contributed by atoms with E-state index >= 15 is 0 Å². The molecule has 0 aliphatic carbocycles. The number of aryl methyl sites for hydroxylation is 1. The molecule has 1 N–H and O–H groups in total. The van der Waals surface area contributed by atoms with Crippen LogP contribution in [0.4, 0.5) is 5.13 Å². The normalized spacial score (nSPS) is 11.0. The molecule has 8 heteroatoms. The number of anilines is 1. The van der Waals surface area contributed by atoms with E-state index in [2.05, 4.69) is 15.3 Å². The van der Waals surface area contributed by atoms with Gasteiger partial charge in [0.1, 0.15) is 11.4 Å². The number of ether oxygens (including phenoxy) is 1. The van der Waals surface area contributed by atoms with Gasteiger partial charge in [0.25, 0.3) is 5.91 Å². The molecule has 0 radical (unpaired) electrons. The second-order valence-corrected chi connectivity index (χ2v) is 7.67. The third-order valence-electron chi connectivity index (χ3n) is 3.64. The maximum atomic E-state index is 12.6. The van der Waals surface area contributed by atoms with Crippen LogP contribution in [-0.2, 0) is 0 Å². The number of amides is 1. The van der Waals surface area contributed by atoms with Crippen molar-refractivity contribution in [3.8, 4) is 16.5 Å². The average Bonchev–Trinajstić information content (AvgIpc) is 3.33. The quantitative estimate of drug-likeness (QED) is 0.525. The fourth-order valence-electron chi connectivity index (χ4n) is 2.48. The number of carbonyl (C=O) groups is 1. The summed E-state index contributed by atoms with van der Waals surface area (Å²) in [4.78, 5) is 22.3. The zero-order chi connectivity index (χ0) is 18.1.